The average Bonchev–Trinajstić information content (AvgIpc) is 2.36. The molecule has 0 saturated heterocycles. The van der Waals surface area contributed by atoms with Crippen LogP contribution in [0.25, 0.3) is 0 Å². The molecule has 0 aliphatic heterocycles. The molecule has 0 fully saturated rings. The fourth-order valence-corrected chi connectivity index (χ4v) is 1.52. The molecule has 102 valence electrons. The van der Waals surface area contributed by atoms with Crippen molar-refractivity contribution in [3.8, 4) is 5.75 Å². The van der Waals surface area contributed by atoms with E-state index in [0.717, 1.165) is 5.56 Å². The van der Waals surface area contributed by atoms with Crippen molar-refractivity contribution < 1.29 is 14.6 Å². The minimum atomic E-state index is -0.544. The van der Waals surface area contributed by atoms with Crippen LogP contribution in [0.1, 0.15) is 5.56 Å². The highest BCUT2D eigenvalue weighted by atomic mass is 35.5. The number of nitrogens with one attached hydrogen (secondary N) is 1. The lowest BCUT2D eigenvalue weighted by atomic mass is 10.2. The van der Waals surface area contributed by atoms with Crippen molar-refractivity contribution in [1.29, 1.82) is 0 Å². The lowest BCUT2D eigenvalue weighted by Crippen LogP contribution is -2.33. The summed E-state index contributed by atoms with van der Waals surface area (Å²) >= 11 is 5.91. The van der Waals surface area contributed by atoms with Crippen molar-refractivity contribution in [2.45, 2.75) is 13.0 Å². The first-order valence-corrected chi connectivity index (χ1v) is 6.28. The first-order chi connectivity index (χ1) is 8.63. The molecule has 4 nitrogen and oxygen atoms in total. The van der Waals surface area contributed by atoms with Gasteiger partial charge in [0.05, 0.1) is 6.61 Å². The van der Waals surface area contributed by atoms with Gasteiger partial charge in [0.15, 0.2) is 0 Å². The lowest BCUT2D eigenvalue weighted by molar-refractivity contribution is 0.103. The smallest absolute Gasteiger partial charge is 0.119 e. The molecular formula is C13H20ClNO3. The minimum absolute atomic E-state index is 0.251. The van der Waals surface area contributed by atoms with Gasteiger partial charge in [-0.25, -0.2) is 0 Å². The zero-order valence-corrected chi connectivity index (χ0v) is 11.5. The second-order valence-electron chi connectivity index (χ2n) is 4.07. The molecule has 0 saturated carbocycles. The summed E-state index contributed by atoms with van der Waals surface area (Å²) in [6.07, 6.45) is -0.544. The lowest BCUT2D eigenvalue weighted by Gasteiger charge is -2.13. The van der Waals surface area contributed by atoms with E-state index in [-0.39, 0.29) is 6.61 Å². The Labute approximate surface area is 113 Å². The van der Waals surface area contributed by atoms with Crippen LogP contribution in [0.15, 0.2) is 18.2 Å². The van der Waals surface area contributed by atoms with Gasteiger partial charge in [-0.3, -0.25) is 0 Å². The molecular weight excluding hydrogens is 254 g/mol. The van der Waals surface area contributed by atoms with Crippen molar-refractivity contribution in [2.24, 2.45) is 0 Å². The fourth-order valence-electron chi connectivity index (χ4n) is 1.40. The van der Waals surface area contributed by atoms with Crippen LogP contribution in [0, 0.1) is 6.92 Å². The molecule has 0 aromatic heterocycles. The van der Waals surface area contributed by atoms with Crippen molar-refractivity contribution in [2.75, 3.05) is 33.4 Å². The van der Waals surface area contributed by atoms with Gasteiger partial charge in [0, 0.05) is 25.2 Å². The van der Waals surface area contributed by atoms with E-state index in [4.69, 9.17) is 21.1 Å². The molecule has 0 bridgehead atoms. The van der Waals surface area contributed by atoms with E-state index >= 15 is 0 Å². The third-order valence-corrected chi connectivity index (χ3v) is 2.86. The van der Waals surface area contributed by atoms with Crippen molar-refractivity contribution in [1.82, 2.24) is 5.32 Å². The number of ether oxygens (including phenoxy) is 2. The monoisotopic (exact) mass is 273 g/mol. The van der Waals surface area contributed by atoms with Gasteiger partial charge < -0.3 is 19.9 Å². The third kappa shape index (κ3) is 5.69. The number of aryl methyl sites for hydroxylation is 1. The van der Waals surface area contributed by atoms with E-state index in [1.807, 2.05) is 13.0 Å². The molecule has 5 heteroatoms. The summed E-state index contributed by atoms with van der Waals surface area (Å²) in [5, 5.41) is 13.5. The van der Waals surface area contributed by atoms with Crippen molar-refractivity contribution >= 4 is 11.6 Å². The van der Waals surface area contributed by atoms with Gasteiger partial charge >= 0.3 is 0 Å². The number of halogens is 1. The highest BCUT2D eigenvalue weighted by Gasteiger charge is 2.05. The molecule has 0 radical (unpaired) electrons. The summed E-state index contributed by atoms with van der Waals surface area (Å²) in [6, 6.07) is 5.43. The van der Waals surface area contributed by atoms with Gasteiger partial charge in [0.2, 0.25) is 0 Å². The van der Waals surface area contributed by atoms with E-state index in [9.17, 15) is 5.11 Å². The van der Waals surface area contributed by atoms with Crippen LogP contribution in [0.2, 0.25) is 5.02 Å². The number of aliphatic hydroxyl groups excluding tert-OH is 1. The van der Waals surface area contributed by atoms with Crippen LogP contribution in [-0.4, -0.2) is 44.6 Å². The van der Waals surface area contributed by atoms with Gasteiger partial charge in [-0.15, -0.1) is 0 Å². The molecule has 0 aliphatic carbocycles. The standard InChI is InChI=1S/C13H20ClNO3/c1-10-7-12(3-4-13(10)14)18-9-11(16)8-15-5-6-17-2/h3-4,7,11,15-16H,5-6,8-9H2,1-2H3/t11-/m1/s1. The molecule has 0 unspecified atom stereocenters. The predicted molar refractivity (Wildman–Crippen MR) is 72.4 cm³/mol. The highest BCUT2D eigenvalue weighted by Crippen LogP contribution is 2.20. The van der Waals surface area contributed by atoms with Crippen molar-refractivity contribution in [3.63, 3.8) is 0 Å². The van der Waals surface area contributed by atoms with Crippen LogP contribution in [0.3, 0.4) is 0 Å². The van der Waals surface area contributed by atoms with E-state index < -0.39 is 6.10 Å². The molecule has 0 amide bonds. The van der Waals surface area contributed by atoms with Crippen LogP contribution in [-0.2, 0) is 4.74 Å². The SMILES string of the molecule is COCCNC[C@@H](O)COc1ccc(Cl)c(C)c1. The Morgan fingerprint density at radius 1 is 1.44 bits per heavy atom. The van der Waals surface area contributed by atoms with E-state index in [1.165, 1.54) is 0 Å². The Kier molecular flexibility index (Phi) is 7.05. The van der Waals surface area contributed by atoms with E-state index in [1.54, 1.807) is 19.2 Å². The maximum Gasteiger partial charge on any atom is 0.119 e. The molecule has 0 aliphatic rings. The van der Waals surface area contributed by atoms with Crippen molar-refractivity contribution in [3.05, 3.63) is 28.8 Å². The van der Waals surface area contributed by atoms with Crippen LogP contribution in [0.5, 0.6) is 5.75 Å². The summed E-state index contributed by atoms with van der Waals surface area (Å²) < 4.78 is 10.4. The summed E-state index contributed by atoms with van der Waals surface area (Å²) in [5.74, 6) is 0.716. The van der Waals surface area contributed by atoms with E-state index in [2.05, 4.69) is 5.32 Å². The summed E-state index contributed by atoms with van der Waals surface area (Å²) in [5.41, 5.74) is 0.960. The van der Waals surface area contributed by atoms with Crippen LogP contribution in [0.4, 0.5) is 0 Å². The second kappa shape index (κ2) is 8.32. The number of benzene rings is 1. The summed E-state index contributed by atoms with van der Waals surface area (Å²) in [6.45, 7) is 3.99. The Hall–Kier alpha value is -0.810. The second-order valence-corrected chi connectivity index (χ2v) is 4.48. The zero-order chi connectivity index (χ0) is 13.4. The topological polar surface area (TPSA) is 50.7 Å². The number of rotatable bonds is 8. The summed E-state index contributed by atoms with van der Waals surface area (Å²) in [4.78, 5) is 0. The zero-order valence-electron chi connectivity index (χ0n) is 10.8. The Morgan fingerprint density at radius 3 is 2.89 bits per heavy atom. The molecule has 1 atom stereocenters. The summed E-state index contributed by atoms with van der Waals surface area (Å²) in [7, 11) is 1.64. The molecule has 1 aromatic rings. The first-order valence-electron chi connectivity index (χ1n) is 5.90. The normalized spacial score (nSPS) is 12.4. The Morgan fingerprint density at radius 2 is 2.22 bits per heavy atom. The molecule has 1 rings (SSSR count). The number of aliphatic hydroxyl groups is 1. The molecule has 0 heterocycles. The number of hydrogen-bond donors (Lipinski definition) is 2. The number of hydrogen-bond acceptors (Lipinski definition) is 4. The van der Waals surface area contributed by atoms with Gasteiger partial charge in [-0.2, -0.15) is 0 Å². The molecule has 1 aromatic carbocycles. The van der Waals surface area contributed by atoms with Gasteiger partial charge in [-0.1, -0.05) is 11.6 Å². The van der Waals surface area contributed by atoms with Crippen LogP contribution < -0.4 is 10.1 Å². The highest BCUT2D eigenvalue weighted by molar-refractivity contribution is 6.31. The largest absolute Gasteiger partial charge is 0.491 e. The molecule has 0 spiro atoms. The first kappa shape index (κ1) is 15.2. The quantitative estimate of drug-likeness (QED) is 0.707. The van der Waals surface area contributed by atoms with Gasteiger partial charge in [0.1, 0.15) is 18.5 Å². The predicted octanol–water partition coefficient (Wildman–Crippen LogP) is 1.62. The van der Waals surface area contributed by atoms with E-state index in [0.29, 0.717) is 30.5 Å². The fraction of sp³-hybridized carbons (Fsp3) is 0.538. The van der Waals surface area contributed by atoms with Gasteiger partial charge in [0.25, 0.3) is 0 Å². The number of methoxy groups -OCH3 is 1. The Balaban J connectivity index is 2.24. The molecule has 2 N–H and O–H groups in total. The third-order valence-electron chi connectivity index (χ3n) is 2.43. The minimum Gasteiger partial charge on any atom is -0.491 e. The van der Waals surface area contributed by atoms with Gasteiger partial charge in [-0.05, 0) is 30.7 Å². The Bertz CT molecular complexity index is 360. The van der Waals surface area contributed by atoms with Crippen LogP contribution >= 0.6 is 11.6 Å². The average molecular weight is 274 g/mol. The maximum absolute atomic E-state index is 9.68. The maximum atomic E-state index is 9.68. The molecule has 18 heavy (non-hydrogen) atoms.